The maximum atomic E-state index is 11.8. The fourth-order valence-electron chi connectivity index (χ4n) is 1.77. The Morgan fingerprint density at radius 2 is 2.00 bits per heavy atom. The number of rotatable bonds is 5. The van der Waals surface area contributed by atoms with E-state index < -0.39 is 0 Å². The zero-order valence-electron chi connectivity index (χ0n) is 11.7. The molecular weight excluding hydrogens is 332 g/mol. The first-order valence-electron chi connectivity index (χ1n) is 6.58. The fourth-order valence-corrected chi connectivity index (χ4v) is 2.03. The lowest BCUT2D eigenvalue weighted by Gasteiger charge is -2.10. The summed E-state index contributed by atoms with van der Waals surface area (Å²) in [5, 5.41) is 2.77. The molecule has 2 aromatic carbocycles. The molecule has 0 unspecified atom stereocenters. The lowest BCUT2D eigenvalue weighted by atomic mass is 10.1. The van der Waals surface area contributed by atoms with Crippen molar-refractivity contribution in [3.8, 4) is 5.75 Å². The second-order valence-electron chi connectivity index (χ2n) is 4.70. The summed E-state index contributed by atoms with van der Waals surface area (Å²) in [5.41, 5.74) is 7.52. The third kappa shape index (κ3) is 4.88. The highest BCUT2D eigenvalue weighted by Crippen LogP contribution is 2.18. The molecule has 0 spiro atoms. The lowest BCUT2D eigenvalue weighted by molar-refractivity contribution is -0.118. The van der Waals surface area contributed by atoms with Crippen LogP contribution in [0.1, 0.15) is 18.5 Å². The highest BCUT2D eigenvalue weighted by atomic mass is 79.9. The van der Waals surface area contributed by atoms with Gasteiger partial charge in [0, 0.05) is 16.2 Å². The molecule has 0 heterocycles. The first kappa shape index (κ1) is 15.5. The number of carbonyl (C=O) groups excluding carboxylic acids is 1. The van der Waals surface area contributed by atoms with Crippen molar-refractivity contribution in [1.82, 2.24) is 0 Å². The molecule has 0 saturated carbocycles. The van der Waals surface area contributed by atoms with Crippen molar-refractivity contribution < 1.29 is 9.53 Å². The molecule has 5 heteroatoms. The smallest absolute Gasteiger partial charge is 0.262 e. The Balaban J connectivity index is 1.89. The third-order valence-corrected chi connectivity index (χ3v) is 3.41. The molecule has 1 amide bonds. The van der Waals surface area contributed by atoms with Crippen molar-refractivity contribution in [2.24, 2.45) is 5.73 Å². The molecule has 0 aliphatic heterocycles. The lowest BCUT2D eigenvalue weighted by Crippen LogP contribution is -2.20. The van der Waals surface area contributed by atoms with Crippen LogP contribution in [0.2, 0.25) is 0 Å². The summed E-state index contributed by atoms with van der Waals surface area (Å²) in [4.78, 5) is 11.8. The van der Waals surface area contributed by atoms with Gasteiger partial charge in [-0.15, -0.1) is 0 Å². The molecule has 4 nitrogen and oxygen atoms in total. The monoisotopic (exact) mass is 348 g/mol. The van der Waals surface area contributed by atoms with E-state index in [1.807, 2.05) is 49.4 Å². The van der Waals surface area contributed by atoms with Crippen LogP contribution in [0, 0.1) is 0 Å². The number of ether oxygens (including phenoxy) is 1. The van der Waals surface area contributed by atoms with Gasteiger partial charge < -0.3 is 15.8 Å². The molecule has 110 valence electrons. The summed E-state index contributed by atoms with van der Waals surface area (Å²) >= 11 is 3.34. The van der Waals surface area contributed by atoms with Crippen molar-refractivity contribution in [2.75, 3.05) is 11.9 Å². The Bertz CT molecular complexity index is 612. The minimum Gasteiger partial charge on any atom is -0.484 e. The van der Waals surface area contributed by atoms with E-state index in [1.54, 1.807) is 6.07 Å². The van der Waals surface area contributed by atoms with Crippen molar-refractivity contribution in [3.63, 3.8) is 0 Å². The van der Waals surface area contributed by atoms with Crippen LogP contribution in [-0.4, -0.2) is 12.5 Å². The predicted octanol–water partition coefficient (Wildman–Crippen LogP) is 3.49. The van der Waals surface area contributed by atoms with E-state index in [0.717, 1.165) is 15.7 Å². The molecule has 3 N–H and O–H groups in total. The first-order chi connectivity index (χ1) is 10.0. The van der Waals surface area contributed by atoms with E-state index in [-0.39, 0.29) is 18.6 Å². The number of nitrogens with one attached hydrogen (secondary N) is 1. The van der Waals surface area contributed by atoms with E-state index in [1.165, 1.54) is 0 Å². The number of halogens is 1. The zero-order valence-corrected chi connectivity index (χ0v) is 13.3. The molecule has 2 aromatic rings. The van der Waals surface area contributed by atoms with Gasteiger partial charge in [-0.2, -0.15) is 0 Å². The summed E-state index contributed by atoms with van der Waals surface area (Å²) in [6, 6.07) is 14.7. The number of hydrogen-bond acceptors (Lipinski definition) is 3. The number of nitrogens with two attached hydrogens (primary N) is 1. The Labute approximate surface area is 132 Å². The Hall–Kier alpha value is -1.85. The minimum atomic E-state index is -0.205. The molecule has 0 aliphatic carbocycles. The highest BCUT2D eigenvalue weighted by molar-refractivity contribution is 9.10. The van der Waals surface area contributed by atoms with Gasteiger partial charge in [0.05, 0.1) is 0 Å². The Morgan fingerprint density at radius 1 is 1.29 bits per heavy atom. The highest BCUT2D eigenvalue weighted by Gasteiger charge is 2.05. The molecule has 0 saturated heterocycles. The van der Waals surface area contributed by atoms with Crippen molar-refractivity contribution >= 4 is 27.5 Å². The van der Waals surface area contributed by atoms with Crippen LogP contribution in [-0.2, 0) is 4.79 Å². The van der Waals surface area contributed by atoms with E-state index in [2.05, 4.69) is 21.2 Å². The molecule has 0 aromatic heterocycles. The van der Waals surface area contributed by atoms with Gasteiger partial charge in [-0.25, -0.2) is 0 Å². The average Bonchev–Trinajstić information content (AvgIpc) is 2.48. The molecule has 0 radical (unpaired) electrons. The van der Waals surface area contributed by atoms with Gasteiger partial charge in [-0.3, -0.25) is 4.79 Å². The van der Waals surface area contributed by atoms with Gasteiger partial charge in [0.1, 0.15) is 5.75 Å². The van der Waals surface area contributed by atoms with Crippen LogP contribution in [0.15, 0.2) is 53.0 Å². The number of carbonyl (C=O) groups is 1. The van der Waals surface area contributed by atoms with Gasteiger partial charge in [0.15, 0.2) is 6.61 Å². The van der Waals surface area contributed by atoms with Gasteiger partial charge in [0.2, 0.25) is 0 Å². The van der Waals surface area contributed by atoms with Gasteiger partial charge in [-0.1, -0.05) is 28.1 Å². The summed E-state index contributed by atoms with van der Waals surface area (Å²) in [6.07, 6.45) is 0. The van der Waals surface area contributed by atoms with E-state index in [4.69, 9.17) is 10.5 Å². The van der Waals surface area contributed by atoms with E-state index in [9.17, 15) is 4.79 Å². The maximum Gasteiger partial charge on any atom is 0.262 e. The number of anilines is 1. The average molecular weight is 349 g/mol. The standard InChI is InChI=1S/C16H17BrN2O2/c1-11(18)12-3-2-4-15(9-12)21-10-16(20)19-14-7-5-13(17)6-8-14/h2-9,11H,10,18H2,1H3,(H,19,20)/t11-/m0/s1. The van der Waals surface area contributed by atoms with Gasteiger partial charge in [-0.05, 0) is 48.9 Å². The molecule has 21 heavy (non-hydrogen) atoms. The fraction of sp³-hybridized carbons (Fsp3) is 0.188. The molecule has 2 rings (SSSR count). The number of amides is 1. The summed E-state index contributed by atoms with van der Waals surface area (Å²) < 4.78 is 6.44. The molecule has 1 atom stereocenters. The van der Waals surface area contributed by atoms with Crippen LogP contribution in [0.3, 0.4) is 0 Å². The first-order valence-corrected chi connectivity index (χ1v) is 7.37. The van der Waals surface area contributed by atoms with Gasteiger partial charge >= 0.3 is 0 Å². The largest absolute Gasteiger partial charge is 0.484 e. The predicted molar refractivity (Wildman–Crippen MR) is 87.3 cm³/mol. The Kier molecular flexibility index (Phi) is 5.36. The molecule has 0 bridgehead atoms. The second kappa shape index (κ2) is 7.24. The summed E-state index contributed by atoms with van der Waals surface area (Å²) in [5.74, 6) is 0.430. The summed E-state index contributed by atoms with van der Waals surface area (Å²) in [6.45, 7) is 1.86. The van der Waals surface area contributed by atoms with E-state index in [0.29, 0.717) is 5.75 Å². The van der Waals surface area contributed by atoms with Crippen molar-refractivity contribution in [2.45, 2.75) is 13.0 Å². The minimum absolute atomic E-state index is 0.0432. The van der Waals surface area contributed by atoms with Crippen LogP contribution in [0.4, 0.5) is 5.69 Å². The van der Waals surface area contributed by atoms with Crippen molar-refractivity contribution in [3.05, 3.63) is 58.6 Å². The topological polar surface area (TPSA) is 64.3 Å². The second-order valence-corrected chi connectivity index (χ2v) is 5.62. The third-order valence-electron chi connectivity index (χ3n) is 2.88. The van der Waals surface area contributed by atoms with Crippen LogP contribution < -0.4 is 15.8 Å². The van der Waals surface area contributed by atoms with E-state index >= 15 is 0 Å². The molecular formula is C16H17BrN2O2. The molecule has 0 fully saturated rings. The van der Waals surface area contributed by atoms with Crippen LogP contribution >= 0.6 is 15.9 Å². The van der Waals surface area contributed by atoms with Crippen molar-refractivity contribution in [1.29, 1.82) is 0 Å². The quantitative estimate of drug-likeness (QED) is 0.869. The van der Waals surface area contributed by atoms with Crippen LogP contribution in [0.25, 0.3) is 0 Å². The number of benzene rings is 2. The maximum absolute atomic E-state index is 11.8. The zero-order chi connectivity index (χ0) is 15.2. The number of hydrogen-bond donors (Lipinski definition) is 2. The molecule has 0 aliphatic rings. The SMILES string of the molecule is C[C@H](N)c1cccc(OCC(=O)Nc2ccc(Br)cc2)c1. The van der Waals surface area contributed by atoms with Gasteiger partial charge in [0.25, 0.3) is 5.91 Å². The summed E-state index contributed by atoms with van der Waals surface area (Å²) in [7, 11) is 0. The normalized spacial score (nSPS) is 11.8. The van der Waals surface area contributed by atoms with Crippen LogP contribution in [0.5, 0.6) is 5.75 Å². The Morgan fingerprint density at radius 3 is 2.67 bits per heavy atom.